The molecule has 9 nitrogen and oxygen atoms in total. The molecule has 0 amide bonds. The number of anilines is 6. The Bertz CT molecular complexity index is 955. The zero-order chi connectivity index (χ0) is 23.0. The molecule has 3 aliphatic heterocycles. The zero-order valence-corrected chi connectivity index (χ0v) is 18.4. The second-order valence-electron chi connectivity index (χ2n) is 7.59. The van der Waals surface area contributed by atoms with Crippen LogP contribution in [-0.2, 0) is 0 Å². The SMILES string of the molecule is Nc1ccc2c(c1)NCCN2.Nc1ccc2c(c1)NCCO2.Nc1ccc2c(c1)OCCO2. The van der Waals surface area contributed by atoms with Crippen LogP contribution in [0, 0.1) is 0 Å². The van der Waals surface area contributed by atoms with Gasteiger partial charge in [-0.15, -0.1) is 0 Å². The molecule has 0 bridgehead atoms. The van der Waals surface area contributed by atoms with Crippen LogP contribution in [0.4, 0.5) is 34.1 Å². The minimum atomic E-state index is 0.608. The molecule has 33 heavy (non-hydrogen) atoms. The van der Waals surface area contributed by atoms with Gasteiger partial charge in [0.2, 0.25) is 0 Å². The lowest BCUT2D eigenvalue weighted by molar-refractivity contribution is 0.171. The molecule has 174 valence electrons. The number of nitrogens with one attached hydrogen (secondary N) is 3. The summed E-state index contributed by atoms with van der Waals surface area (Å²) in [5.41, 5.74) is 22.3. The Hall–Kier alpha value is -4.14. The lowest BCUT2D eigenvalue weighted by Crippen LogP contribution is -2.20. The Morgan fingerprint density at radius 2 is 1.03 bits per heavy atom. The van der Waals surface area contributed by atoms with Crippen molar-refractivity contribution in [3.8, 4) is 17.2 Å². The van der Waals surface area contributed by atoms with Crippen molar-refractivity contribution in [2.75, 3.05) is 72.6 Å². The van der Waals surface area contributed by atoms with Crippen molar-refractivity contribution in [3.05, 3.63) is 54.6 Å². The van der Waals surface area contributed by atoms with Crippen LogP contribution < -0.4 is 47.4 Å². The molecule has 3 aliphatic rings. The maximum atomic E-state index is 5.61. The highest BCUT2D eigenvalue weighted by Gasteiger charge is 2.10. The van der Waals surface area contributed by atoms with Crippen LogP contribution in [0.1, 0.15) is 0 Å². The van der Waals surface area contributed by atoms with Gasteiger partial charge < -0.3 is 47.4 Å². The fraction of sp³-hybridized carbons (Fsp3) is 0.250. The standard InChI is InChI=1S/C8H11N3.C8H10N2O.C8H9NO2/c9-6-1-2-7-8(5-6)11-4-3-10-7;9-6-1-2-8-7(5-6)10-3-4-11-8;9-6-1-2-7-8(5-6)11-4-3-10-7/h1-2,5,10-11H,3-4,9H2;1-2,5,10H,3-4,9H2;1-2,5H,3-4,9H2. The van der Waals surface area contributed by atoms with Gasteiger partial charge in [-0.3, -0.25) is 0 Å². The summed E-state index contributed by atoms with van der Waals surface area (Å²) in [6, 6.07) is 16.8. The number of nitrogen functional groups attached to an aromatic ring is 3. The van der Waals surface area contributed by atoms with Crippen LogP contribution in [0.25, 0.3) is 0 Å². The van der Waals surface area contributed by atoms with Crippen LogP contribution in [0.2, 0.25) is 0 Å². The van der Waals surface area contributed by atoms with Gasteiger partial charge in [0.15, 0.2) is 11.5 Å². The first-order chi connectivity index (χ1) is 16.1. The Kier molecular flexibility index (Phi) is 6.99. The molecule has 0 aliphatic carbocycles. The lowest BCUT2D eigenvalue weighted by atomic mass is 10.2. The van der Waals surface area contributed by atoms with Gasteiger partial charge in [-0.25, -0.2) is 0 Å². The van der Waals surface area contributed by atoms with E-state index < -0.39 is 0 Å². The Labute approximate surface area is 193 Å². The van der Waals surface area contributed by atoms with E-state index in [4.69, 9.17) is 31.4 Å². The molecule has 9 N–H and O–H groups in total. The van der Waals surface area contributed by atoms with E-state index >= 15 is 0 Å². The molecule has 9 heteroatoms. The maximum absolute atomic E-state index is 5.61. The third kappa shape index (κ3) is 5.97. The quantitative estimate of drug-likeness (QED) is 0.285. The summed E-state index contributed by atoms with van der Waals surface area (Å²) < 4.78 is 16.0. The highest BCUT2D eigenvalue weighted by Crippen LogP contribution is 2.31. The van der Waals surface area contributed by atoms with Crippen LogP contribution in [0.15, 0.2) is 54.6 Å². The number of nitrogens with two attached hydrogens (primary N) is 3. The fourth-order valence-corrected chi connectivity index (χ4v) is 3.47. The van der Waals surface area contributed by atoms with E-state index in [2.05, 4.69) is 16.0 Å². The first-order valence-corrected chi connectivity index (χ1v) is 10.9. The summed E-state index contributed by atoms with van der Waals surface area (Å²) in [6.07, 6.45) is 0. The van der Waals surface area contributed by atoms with Crippen molar-refractivity contribution in [3.63, 3.8) is 0 Å². The number of hydrogen-bond acceptors (Lipinski definition) is 9. The number of rotatable bonds is 0. The van der Waals surface area contributed by atoms with Crippen molar-refractivity contribution in [2.45, 2.75) is 0 Å². The molecule has 0 radical (unpaired) electrons. The smallest absolute Gasteiger partial charge is 0.163 e. The van der Waals surface area contributed by atoms with Crippen LogP contribution >= 0.6 is 0 Å². The van der Waals surface area contributed by atoms with Gasteiger partial charge in [0.25, 0.3) is 0 Å². The summed E-state index contributed by atoms with van der Waals surface area (Å²) in [5, 5.41) is 9.73. The van der Waals surface area contributed by atoms with Gasteiger partial charge in [0.1, 0.15) is 25.6 Å². The Morgan fingerprint density at radius 3 is 1.82 bits per heavy atom. The number of benzene rings is 3. The highest BCUT2D eigenvalue weighted by atomic mass is 16.6. The zero-order valence-electron chi connectivity index (χ0n) is 18.4. The molecular weight excluding hydrogens is 420 g/mol. The van der Waals surface area contributed by atoms with E-state index in [1.54, 1.807) is 12.1 Å². The normalized spacial score (nSPS) is 14.5. The molecule has 3 aromatic rings. The fourth-order valence-electron chi connectivity index (χ4n) is 3.47. The molecule has 0 unspecified atom stereocenters. The topological polar surface area (TPSA) is 142 Å². The molecule has 0 fully saturated rings. The van der Waals surface area contributed by atoms with Gasteiger partial charge in [-0.1, -0.05) is 0 Å². The number of hydrogen-bond donors (Lipinski definition) is 6. The van der Waals surface area contributed by atoms with E-state index in [9.17, 15) is 0 Å². The molecule has 0 saturated carbocycles. The van der Waals surface area contributed by atoms with Gasteiger partial charge in [0, 0.05) is 42.8 Å². The average Bonchev–Trinajstić information content (AvgIpc) is 2.84. The van der Waals surface area contributed by atoms with Gasteiger partial charge in [0.05, 0.1) is 17.1 Å². The monoisotopic (exact) mass is 450 g/mol. The van der Waals surface area contributed by atoms with Crippen molar-refractivity contribution in [2.24, 2.45) is 0 Å². The van der Waals surface area contributed by atoms with Crippen LogP contribution in [0.5, 0.6) is 17.2 Å². The second kappa shape index (κ2) is 10.4. The van der Waals surface area contributed by atoms with E-state index in [-0.39, 0.29) is 0 Å². The van der Waals surface area contributed by atoms with Gasteiger partial charge >= 0.3 is 0 Å². The van der Waals surface area contributed by atoms with Gasteiger partial charge in [-0.05, 0) is 48.5 Å². The van der Waals surface area contributed by atoms with E-state index in [0.29, 0.717) is 18.9 Å². The molecule has 0 spiro atoms. The molecule has 0 aromatic heterocycles. The third-order valence-corrected chi connectivity index (χ3v) is 5.04. The predicted molar refractivity (Wildman–Crippen MR) is 135 cm³/mol. The van der Waals surface area contributed by atoms with Crippen LogP contribution in [0.3, 0.4) is 0 Å². The minimum Gasteiger partial charge on any atom is -0.490 e. The summed E-state index contributed by atoms with van der Waals surface area (Å²) in [5.74, 6) is 2.42. The van der Waals surface area contributed by atoms with Crippen LogP contribution in [-0.4, -0.2) is 39.5 Å². The summed E-state index contributed by atoms with van der Waals surface area (Å²) in [7, 11) is 0. The van der Waals surface area contributed by atoms with Crippen molar-refractivity contribution in [1.82, 2.24) is 0 Å². The molecule has 0 atom stereocenters. The Balaban J connectivity index is 0.000000118. The average molecular weight is 451 g/mol. The summed E-state index contributed by atoms with van der Waals surface area (Å²) >= 11 is 0. The molecule has 6 rings (SSSR count). The molecular formula is C24H30N6O3. The van der Waals surface area contributed by atoms with Crippen molar-refractivity contribution >= 4 is 34.1 Å². The van der Waals surface area contributed by atoms with Crippen molar-refractivity contribution in [1.29, 1.82) is 0 Å². The second-order valence-corrected chi connectivity index (χ2v) is 7.59. The van der Waals surface area contributed by atoms with Gasteiger partial charge in [-0.2, -0.15) is 0 Å². The lowest BCUT2D eigenvalue weighted by Gasteiger charge is -2.19. The van der Waals surface area contributed by atoms with E-state index in [0.717, 1.165) is 71.9 Å². The summed E-state index contributed by atoms with van der Waals surface area (Å²) in [6.45, 7) is 4.77. The van der Waals surface area contributed by atoms with Crippen molar-refractivity contribution < 1.29 is 14.2 Å². The first kappa shape index (κ1) is 22.1. The minimum absolute atomic E-state index is 0.608. The summed E-state index contributed by atoms with van der Waals surface area (Å²) in [4.78, 5) is 0. The largest absolute Gasteiger partial charge is 0.490 e. The van der Waals surface area contributed by atoms with E-state index in [1.807, 2.05) is 42.5 Å². The first-order valence-electron chi connectivity index (χ1n) is 10.9. The number of ether oxygens (including phenoxy) is 3. The highest BCUT2D eigenvalue weighted by molar-refractivity contribution is 5.74. The number of fused-ring (bicyclic) bond motifs is 3. The third-order valence-electron chi connectivity index (χ3n) is 5.04. The molecule has 0 saturated heterocycles. The molecule has 3 aromatic carbocycles. The Morgan fingerprint density at radius 1 is 0.485 bits per heavy atom. The maximum Gasteiger partial charge on any atom is 0.163 e. The predicted octanol–water partition coefficient (Wildman–Crippen LogP) is 3.22. The molecule has 3 heterocycles. The van der Waals surface area contributed by atoms with E-state index in [1.165, 1.54) is 0 Å².